The van der Waals surface area contributed by atoms with E-state index in [1.165, 1.54) is 17.0 Å². The summed E-state index contributed by atoms with van der Waals surface area (Å²) in [5.41, 5.74) is 0. The van der Waals surface area contributed by atoms with Crippen molar-refractivity contribution in [3.8, 4) is 0 Å². The molecule has 1 aromatic rings. The summed E-state index contributed by atoms with van der Waals surface area (Å²) in [5, 5.41) is 38.6. The van der Waals surface area contributed by atoms with Crippen molar-refractivity contribution >= 4 is 6.29 Å². The molecule has 0 saturated carbocycles. The molecule has 1 heterocycles. The molecule has 0 aliphatic heterocycles. The minimum atomic E-state index is -1.73. The average molecular weight is 228 g/mol. The monoisotopic (exact) mass is 228 g/mol. The molecule has 0 aromatic carbocycles. The van der Waals surface area contributed by atoms with E-state index < -0.39 is 31.0 Å². The SMILES string of the molecule is O=C[C@@H]([C@@H](O)[C@H](O)[C@H]([O-])CO)n1cccc1. The number of aliphatic hydroxyl groups is 3. The first-order valence-corrected chi connectivity index (χ1v) is 4.82. The lowest BCUT2D eigenvalue weighted by atomic mass is 10.0. The first-order valence-electron chi connectivity index (χ1n) is 4.82. The molecule has 0 spiro atoms. The summed E-state index contributed by atoms with van der Waals surface area (Å²) in [6.45, 7) is -0.796. The van der Waals surface area contributed by atoms with Crippen molar-refractivity contribution in [1.29, 1.82) is 0 Å². The largest absolute Gasteiger partial charge is 0.848 e. The number of aromatic nitrogens is 1. The molecular formula is C10H14NO5-. The Labute approximate surface area is 92.4 Å². The standard InChI is InChI=1S/C10H14NO5/c12-5-7(11-3-1-2-4-11)9(15)10(16)8(14)6-13/h1-5,7-10,13,15-16H,6H2/q-1/t7-,8+,9+,10+/m0/s1. The van der Waals surface area contributed by atoms with Gasteiger partial charge in [-0.1, -0.05) is 6.10 Å². The van der Waals surface area contributed by atoms with Gasteiger partial charge in [0.25, 0.3) is 0 Å². The molecule has 0 saturated heterocycles. The highest BCUT2D eigenvalue weighted by atomic mass is 16.4. The first-order chi connectivity index (χ1) is 7.61. The third-order valence-electron chi connectivity index (χ3n) is 2.37. The van der Waals surface area contributed by atoms with Crippen LogP contribution < -0.4 is 5.11 Å². The number of rotatable bonds is 6. The number of nitrogens with zero attached hydrogens (tertiary/aromatic N) is 1. The Hall–Kier alpha value is -1.21. The second kappa shape index (κ2) is 5.76. The maximum absolute atomic E-state index is 11.0. The lowest BCUT2D eigenvalue weighted by molar-refractivity contribution is -0.447. The Kier molecular flexibility index (Phi) is 4.63. The van der Waals surface area contributed by atoms with Crippen LogP contribution in [-0.2, 0) is 4.79 Å². The van der Waals surface area contributed by atoms with Crippen molar-refractivity contribution < 1.29 is 25.2 Å². The quantitative estimate of drug-likeness (QED) is 0.474. The number of carbonyl (C=O) groups excluding carboxylic acids is 1. The van der Waals surface area contributed by atoms with Crippen LogP contribution in [0.25, 0.3) is 0 Å². The van der Waals surface area contributed by atoms with Crippen LogP contribution in [0.4, 0.5) is 0 Å². The Morgan fingerprint density at radius 3 is 2.25 bits per heavy atom. The van der Waals surface area contributed by atoms with Crippen molar-refractivity contribution in [1.82, 2.24) is 4.57 Å². The molecule has 90 valence electrons. The third kappa shape index (κ3) is 2.67. The van der Waals surface area contributed by atoms with Gasteiger partial charge in [0, 0.05) is 19.0 Å². The van der Waals surface area contributed by atoms with Gasteiger partial charge in [-0.2, -0.15) is 0 Å². The van der Waals surface area contributed by atoms with Crippen LogP contribution in [0.2, 0.25) is 0 Å². The van der Waals surface area contributed by atoms with E-state index in [2.05, 4.69) is 0 Å². The van der Waals surface area contributed by atoms with E-state index in [1.54, 1.807) is 12.1 Å². The molecule has 0 bridgehead atoms. The minimum Gasteiger partial charge on any atom is -0.848 e. The molecule has 6 nitrogen and oxygen atoms in total. The Morgan fingerprint density at radius 2 is 1.81 bits per heavy atom. The molecule has 4 atom stereocenters. The maximum Gasteiger partial charge on any atom is 0.145 e. The number of aldehydes is 1. The van der Waals surface area contributed by atoms with Crippen molar-refractivity contribution in [2.45, 2.75) is 24.4 Å². The number of hydrogen-bond acceptors (Lipinski definition) is 5. The Balaban J connectivity index is 2.77. The van der Waals surface area contributed by atoms with E-state index in [1.807, 2.05) is 0 Å². The van der Waals surface area contributed by atoms with E-state index in [-0.39, 0.29) is 0 Å². The lowest BCUT2D eigenvalue weighted by Gasteiger charge is -2.32. The van der Waals surface area contributed by atoms with Gasteiger partial charge in [0.05, 0.1) is 6.10 Å². The molecule has 0 unspecified atom stereocenters. The zero-order chi connectivity index (χ0) is 12.1. The number of aliphatic hydroxyl groups excluding tert-OH is 3. The molecule has 0 radical (unpaired) electrons. The molecule has 0 amide bonds. The topological polar surface area (TPSA) is 106 Å². The van der Waals surface area contributed by atoms with Gasteiger partial charge in [-0.25, -0.2) is 0 Å². The van der Waals surface area contributed by atoms with Crippen LogP contribution >= 0.6 is 0 Å². The molecule has 1 rings (SSSR count). The molecule has 1 aromatic heterocycles. The van der Waals surface area contributed by atoms with Gasteiger partial charge in [-0.15, -0.1) is 0 Å². The lowest BCUT2D eigenvalue weighted by Crippen LogP contribution is -2.50. The predicted molar refractivity (Wildman–Crippen MR) is 52.4 cm³/mol. The van der Waals surface area contributed by atoms with E-state index in [0.29, 0.717) is 6.29 Å². The van der Waals surface area contributed by atoms with Crippen molar-refractivity contribution in [2.75, 3.05) is 6.61 Å². The number of hydrogen-bond donors (Lipinski definition) is 3. The Morgan fingerprint density at radius 1 is 1.25 bits per heavy atom. The molecule has 0 fully saturated rings. The fourth-order valence-electron chi connectivity index (χ4n) is 1.40. The summed E-state index contributed by atoms with van der Waals surface area (Å²) < 4.78 is 1.38. The highest BCUT2D eigenvalue weighted by Gasteiger charge is 2.27. The van der Waals surface area contributed by atoms with Gasteiger partial charge >= 0.3 is 0 Å². The summed E-state index contributed by atoms with van der Waals surface area (Å²) in [7, 11) is 0. The molecule has 6 heteroatoms. The summed E-state index contributed by atoms with van der Waals surface area (Å²) in [6, 6.07) is 2.26. The summed E-state index contributed by atoms with van der Waals surface area (Å²) in [5.74, 6) is 0. The minimum absolute atomic E-state index is 0.442. The van der Waals surface area contributed by atoms with Crippen LogP contribution in [0.1, 0.15) is 6.04 Å². The van der Waals surface area contributed by atoms with E-state index in [4.69, 9.17) is 5.11 Å². The summed E-state index contributed by atoms with van der Waals surface area (Å²) >= 11 is 0. The van der Waals surface area contributed by atoms with Gasteiger partial charge in [0.1, 0.15) is 18.4 Å². The van der Waals surface area contributed by atoms with Crippen LogP contribution in [0.5, 0.6) is 0 Å². The fraction of sp³-hybridized carbons (Fsp3) is 0.500. The maximum atomic E-state index is 11.0. The predicted octanol–water partition coefficient (Wildman–Crippen LogP) is -2.33. The first kappa shape index (κ1) is 12.9. The van der Waals surface area contributed by atoms with Crippen molar-refractivity contribution in [3.05, 3.63) is 24.5 Å². The van der Waals surface area contributed by atoms with Crippen LogP contribution in [0.3, 0.4) is 0 Å². The van der Waals surface area contributed by atoms with E-state index in [9.17, 15) is 20.1 Å². The Bertz CT molecular complexity index is 313. The van der Waals surface area contributed by atoms with Crippen molar-refractivity contribution in [3.63, 3.8) is 0 Å². The summed E-state index contributed by atoms with van der Waals surface area (Å²) in [6.07, 6.45) is -1.45. The van der Waals surface area contributed by atoms with Gasteiger partial charge in [0.2, 0.25) is 0 Å². The second-order valence-electron chi connectivity index (χ2n) is 3.46. The zero-order valence-corrected chi connectivity index (χ0v) is 8.51. The molecule has 16 heavy (non-hydrogen) atoms. The van der Waals surface area contributed by atoms with Crippen LogP contribution in [-0.4, -0.2) is 51.1 Å². The molecule has 3 N–H and O–H groups in total. The van der Waals surface area contributed by atoms with Crippen molar-refractivity contribution in [2.24, 2.45) is 0 Å². The number of carbonyl (C=O) groups is 1. The van der Waals surface area contributed by atoms with Crippen LogP contribution in [0.15, 0.2) is 24.5 Å². The molecular weight excluding hydrogens is 214 g/mol. The molecule has 0 aliphatic carbocycles. The van der Waals surface area contributed by atoms with Gasteiger partial charge < -0.3 is 29.8 Å². The summed E-state index contributed by atoms with van der Waals surface area (Å²) in [4.78, 5) is 10.8. The third-order valence-corrected chi connectivity index (χ3v) is 2.37. The molecule has 0 aliphatic rings. The van der Waals surface area contributed by atoms with Gasteiger partial charge in [-0.3, -0.25) is 0 Å². The van der Waals surface area contributed by atoms with Gasteiger partial charge in [-0.05, 0) is 12.1 Å². The van der Waals surface area contributed by atoms with E-state index in [0.717, 1.165) is 0 Å². The fourth-order valence-corrected chi connectivity index (χ4v) is 1.40. The highest BCUT2D eigenvalue weighted by molar-refractivity contribution is 5.57. The zero-order valence-electron chi connectivity index (χ0n) is 8.51. The van der Waals surface area contributed by atoms with Crippen LogP contribution in [0, 0.1) is 0 Å². The van der Waals surface area contributed by atoms with E-state index >= 15 is 0 Å². The smallest absolute Gasteiger partial charge is 0.145 e. The van der Waals surface area contributed by atoms with Gasteiger partial charge in [0.15, 0.2) is 0 Å². The average Bonchev–Trinajstić information content (AvgIpc) is 2.81. The normalized spacial score (nSPS) is 18.8. The highest BCUT2D eigenvalue weighted by Crippen LogP contribution is 2.14. The second-order valence-corrected chi connectivity index (χ2v) is 3.46.